The maximum absolute atomic E-state index is 11.5. The molecule has 1 aliphatic heterocycles. The molecule has 6 heteroatoms. The first kappa shape index (κ1) is 17.0. The van der Waals surface area contributed by atoms with Gasteiger partial charge in [0.15, 0.2) is 0 Å². The van der Waals surface area contributed by atoms with Crippen LogP contribution in [-0.2, 0) is 0 Å². The predicted octanol–water partition coefficient (Wildman–Crippen LogP) is 4.47. The summed E-state index contributed by atoms with van der Waals surface area (Å²) in [6.07, 6.45) is 3.51. The van der Waals surface area contributed by atoms with Crippen LogP contribution in [0.5, 0.6) is 0 Å². The van der Waals surface area contributed by atoms with Crippen molar-refractivity contribution in [2.75, 3.05) is 18.0 Å². The van der Waals surface area contributed by atoms with E-state index < -0.39 is 5.97 Å². The first-order valence-electron chi connectivity index (χ1n) is 8.61. The van der Waals surface area contributed by atoms with Gasteiger partial charge in [0, 0.05) is 28.9 Å². The fraction of sp³-hybridized carbons (Fsp3) is 0.250. The van der Waals surface area contributed by atoms with Crippen LogP contribution in [0.1, 0.15) is 34.8 Å². The summed E-state index contributed by atoms with van der Waals surface area (Å²) in [5, 5.41) is 10.5. The number of nitrogens with zero attached hydrogens (tertiary/aromatic N) is 3. The number of halogens is 1. The minimum atomic E-state index is -0.880. The maximum Gasteiger partial charge on any atom is 0.337 e. The normalized spacial score (nSPS) is 15.3. The van der Waals surface area contributed by atoms with Gasteiger partial charge in [-0.15, -0.1) is 0 Å². The Balaban J connectivity index is 1.58. The molecule has 0 saturated carbocycles. The van der Waals surface area contributed by atoms with Crippen LogP contribution in [-0.4, -0.2) is 34.1 Å². The van der Waals surface area contributed by atoms with Gasteiger partial charge in [0.25, 0.3) is 0 Å². The molecular formula is C20H18BrN3O2. The van der Waals surface area contributed by atoms with E-state index in [-0.39, 0.29) is 0 Å². The smallest absolute Gasteiger partial charge is 0.337 e. The second-order valence-corrected chi connectivity index (χ2v) is 7.42. The molecule has 0 unspecified atom stereocenters. The number of fused-ring (bicyclic) bond motifs is 1. The lowest BCUT2D eigenvalue weighted by molar-refractivity contribution is 0.0697. The number of para-hydroxylation sites is 1. The second kappa shape index (κ2) is 7.03. The Hall–Kier alpha value is -2.47. The van der Waals surface area contributed by atoms with Crippen LogP contribution < -0.4 is 4.90 Å². The van der Waals surface area contributed by atoms with E-state index in [9.17, 15) is 9.90 Å². The molecule has 1 aromatic heterocycles. The minimum Gasteiger partial charge on any atom is -0.478 e. The quantitative estimate of drug-likeness (QED) is 0.688. The van der Waals surface area contributed by atoms with E-state index >= 15 is 0 Å². The zero-order valence-corrected chi connectivity index (χ0v) is 15.7. The van der Waals surface area contributed by atoms with Crippen molar-refractivity contribution in [2.45, 2.75) is 18.8 Å². The van der Waals surface area contributed by atoms with E-state index in [4.69, 9.17) is 0 Å². The third-order valence-corrected chi connectivity index (χ3v) is 5.48. The van der Waals surface area contributed by atoms with Gasteiger partial charge in [-0.1, -0.05) is 28.1 Å². The fourth-order valence-corrected chi connectivity index (χ4v) is 4.06. The topological polar surface area (TPSA) is 66.3 Å². The molecule has 2 heterocycles. The third kappa shape index (κ3) is 3.17. The Labute approximate surface area is 159 Å². The first-order valence-corrected chi connectivity index (χ1v) is 9.40. The molecule has 4 rings (SSSR count). The van der Waals surface area contributed by atoms with Crippen molar-refractivity contribution >= 4 is 38.5 Å². The van der Waals surface area contributed by atoms with Crippen molar-refractivity contribution in [3.05, 3.63) is 64.5 Å². The van der Waals surface area contributed by atoms with Gasteiger partial charge in [-0.3, -0.25) is 0 Å². The molecule has 0 bridgehead atoms. The minimum absolute atomic E-state index is 0.350. The number of carbonyl (C=O) groups is 1. The number of aromatic carboxylic acids is 1. The average Bonchev–Trinajstić information content (AvgIpc) is 2.67. The number of aromatic nitrogens is 2. The summed E-state index contributed by atoms with van der Waals surface area (Å²) in [6.45, 7) is 1.63. The molecule has 1 N–H and O–H groups in total. The van der Waals surface area contributed by atoms with Crippen molar-refractivity contribution < 1.29 is 9.90 Å². The summed E-state index contributed by atoms with van der Waals surface area (Å²) in [4.78, 5) is 22.6. The molecule has 0 amide bonds. The molecule has 1 fully saturated rings. The van der Waals surface area contributed by atoms with Crippen LogP contribution >= 0.6 is 15.9 Å². The van der Waals surface area contributed by atoms with Gasteiger partial charge in [-0.2, -0.15) is 0 Å². The monoisotopic (exact) mass is 411 g/mol. The standard InChI is InChI=1S/C20H18BrN3O2/c21-14-5-6-17-16(11-14)19(23-12-22-17)13-7-9-24(10-8-13)18-4-2-1-3-15(18)20(25)26/h1-6,11-13H,7-10H2,(H,25,26). The second-order valence-electron chi connectivity index (χ2n) is 6.50. The summed E-state index contributed by atoms with van der Waals surface area (Å²) in [7, 11) is 0. The van der Waals surface area contributed by atoms with Crippen LogP contribution in [0.4, 0.5) is 5.69 Å². The van der Waals surface area contributed by atoms with E-state index in [1.165, 1.54) is 0 Å². The molecule has 0 spiro atoms. The van der Waals surface area contributed by atoms with E-state index in [2.05, 4.69) is 36.9 Å². The van der Waals surface area contributed by atoms with Crippen molar-refractivity contribution in [2.24, 2.45) is 0 Å². The number of piperidine rings is 1. The Kier molecular flexibility index (Phi) is 4.59. The van der Waals surface area contributed by atoms with E-state index in [1.54, 1.807) is 18.5 Å². The predicted molar refractivity (Wildman–Crippen MR) is 105 cm³/mol. The van der Waals surface area contributed by atoms with Gasteiger partial charge in [-0.05, 0) is 43.2 Å². The van der Waals surface area contributed by atoms with Crippen molar-refractivity contribution in [1.29, 1.82) is 0 Å². The summed E-state index contributed by atoms with van der Waals surface area (Å²) >= 11 is 3.53. The molecule has 132 valence electrons. The highest BCUT2D eigenvalue weighted by molar-refractivity contribution is 9.10. The number of carboxylic acids is 1. The van der Waals surface area contributed by atoms with Crippen molar-refractivity contribution in [1.82, 2.24) is 9.97 Å². The van der Waals surface area contributed by atoms with Gasteiger partial charge in [0.1, 0.15) is 6.33 Å². The van der Waals surface area contributed by atoms with Crippen LogP contribution in [0.15, 0.2) is 53.3 Å². The Morgan fingerprint density at radius 1 is 1.12 bits per heavy atom. The number of anilines is 1. The van der Waals surface area contributed by atoms with Gasteiger partial charge < -0.3 is 10.0 Å². The van der Waals surface area contributed by atoms with Gasteiger partial charge >= 0.3 is 5.97 Å². The molecule has 1 saturated heterocycles. The number of rotatable bonds is 3. The van der Waals surface area contributed by atoms with Gasteiger partial charge in [0.05, 0.1) is 22.5 Å². The Morgan fingerprint density at radius 2 is 1.88 bits per heavy atom. The highest BCUT2D eigenvalue weighted by atomic mass is 79.9. The SMILES string of the molecule is O=C(O)c1ccccc1N1CCC(c2ncnc3ccc(Br)cc23)CC1. The molecule has 1 aliphatic rings. The largest absolute Gasteiger partial charge is 0.478 e. The number of benzene rings is 2. The Morgan fingerprint density at radius 3 is 2.65 bits per heavy atom. The van der Waals surface area contributed by atoms with E-state index in [1.807, 2.05) is 24.3 Å². The van der Waals surface area contributed by atoms with Gasteiger partial charge in [0.2, 0.25) is 0 Å². The molecular weight excluding hydrogens is 394 g/mol. The highest BCUT2D eigenvalue weighted by Crippen LogP contribution is 2.34. The molecule has 0 radical (unpaired) electrons. The van der Waals surface area contributed by atoms with Crippen molar-refractivity contribution in [3.63, 3.8) is 0 Å². The zero-order chi connectivity index (χ0) is 18.1. The third-order valence-electron chi connectivity index (χ3n) is 4.98. The fourth-order valence-electron chi connectivity index (χ4n) is 3.70. The molecule has 26 heavy (non-hydrogen) atoms. The summed E-state index contributed by atoms with van der Waals surface area (Å²) in [5.41, 5.74) is 3.20. The number of hydrogen-bond donors (Lipinski definition) is 1. The highest BCUT2D eigenvalue weighted by Gasteiger charge is 2.25. The molecule has 3 aromatic rings. The van der Waals surface area contributed by atoms with Crippen molar-refractivity contribution in [3.8, 4) is 0 Å². The summed E-state index contributed by atoms with van der Waals surface area (Å²) < 4.78 is 1.02. The lowest BCUT2D eigenvalue weighted by Crippen LogP contribution is -2.34. The lowest BCUT2D eigenvalue weighted by Gasteiger charge is -2.34. The van der Waals surface area contributed by atoms with E-state index in [0.29, 0.717) is 11.5 Å². The average molecular weight is 412 g/mol. The zero-order valence-electron chi connectivity index (χ0n) is 14.1. The van der Waals surface area contributed by atoms with Crippen LogP contribution in [0.3, 0.4) is 0 Å². The van der Waals surface area contributed by atoms with Crippen LogP contribution in [0, 0.1) is 0 Å². The first-order chi connectivity index (χ1) is 12.6. The molecule has 5 nitrogen and oxygen atoms in total. The molecule has 0 atom stereocenters. The summed E-state index contributed by atoms with van der Waals surface area (Å²) in [5.74, 6) is -0.530. The number of carboxylic acid groups (broad SMARTS) is 1. The van der Waals surface area contributed by atoms with Gasteiger partial charge in [-0.25, -0.2) is 14.8 Å². The van der Waals surface area contributed by atoms with E-state index in [0.717, 1.165) is 52.7 Å². The lowest BCUT2D eigenvalue weighted by atomic mass is 9.90. The Bertz CT molecular complexity index is 968. The molecule has 2 aromatic carbocycles. The maximum atomic E-state index is 11.5. The van der Waals surface area contributed by atoms with Crippen LogP contribution in [0.2, 0.25) is 0 Å². The summed E-state index contributed by atoms with van der Waals surface area (Å²) in [6, 6.07) is 13.3. The van der Waals surface area contributed by atoms with Crippen LogP contribution in [0.25, 0.3) is 10.9 Å². The molecule has 0 aliphatic carbocycles. The number of hydrogen-bond acceptors (Lipinski definition) is 4.